The fourth-order valence-electron chi connectivity index (χ4n) is 6.83. The lowest BCUT2D eigenvalue weighted by molar-refractivity contribution is -0.145. The van der Waals surface area contributed by atoms with Crippen molar-refractivity contribution in [3.63, 3.8) is 0 Å². The summed E-state index contributed by atoms with van der Waals surface area (Å²) >= 11 is 0. The Kier molecular flexibility index (Phi) is 25.8. The highest BCUT2D eigenvalue weighted by Crippen LogP contribution is 2.32. The predicted molar refractivity (Wildman–Crippen MR) is 216 cm³/mol. The number of anilines is 1. The summed E-state index contributed by atoms with van der Waals surface area (Å²) in [5.74, 6) is -2.31. The van der Waals surface area contributed by atoms with Crippen molar-refractivity contribution in [2.75, 3.05) is 84.5 Å². The van der Waals surface area contributed by atoms with Gasteiger partial charge in [-0.2, -0.15) is 0 Å². The lowest BCUT2D eigenvalue weighted by Crippen LogP contribution is -2.54. The average Bonchev–Trinajstić information content (AvgIpc) is 3.46. The van der Waals surface area contributed by atoms with Crippen molar-refractivity contribution in [1.29, 1.82) is 0 Å². The van der Waals surface area contributed by atoms with Gasteiger partial charge in [0.25, 0.3) is 11.8 Å². The second kappa shape index (κ2) is 30.6. The Morgan fingerprint density at radius 3 is 1.67 bits per heavy atom. The van der Waals surface area contributed by atoms with Gasteiger partial charge < -0.3 is 33.7 Å². The molecule has 2 aliphatic rings. The molecule has 14 heteroatoms. The number of rotatable bonds is 36. The highest BCUT2D eigenvalue weighted by Gasteiger charge is 2.45. The van der Waals surface area contributed by atoms with Gasteiger partial charge in [0.2, 0.25) is 11.8 Å². The molecule has 0 aliphatic carbocycles. The van der Waals surface area contributed by atoms with E-state index in [0.717, 1.165) is 17.7 Å². The zero-order valence-electron chi connectivity index (χ0n) is 34.5. The first kappa shape index (κ1) is 47.9. The van der Waals surface area contributed by atoms with E-state index in [1.54, 1.807) is 18.2 Å². The van der Waals surface area contributed by atoms with Crippen molar-refractivity contribution >= 4 is 35.3 Å². The second-order valence-corrected chi connectivity index (χ2v) is 14.6. The fraction of sp³-hybridized carbons (Fsp3) is 0.744. The summed E-state index contributed by atoms with van der Waals surface area (Å²) in [7, 11) is 0. The van der Waals surface area contributed by atoms with Crippen molar-refractivity contribution in [3.05, 3.63) is 29.3 Å². The number of nitrogens with zero attached hydrogens (tertiary/aromatic N) is 1. The number of ether oxygens (including phenoxy) is 6. The number of hydrogen-bond donors (Lipinski definition) is 2. The van der Waals surface area contributed by atoms with Crippen LogP contribution in [0.1, 0.15) is 143 Å². The van der Waals surface area contributed by atoms with Gasteiger partial charge in [-0.25, -0.2) is 0 Å². The van der Waals surface area contributed by atoms with E-state index in [2.05, 4.69) is 17.6 Å². The topological polar surface area (TPSA) is 168 Å². The van der Waals surface area contributed by atoms with Gasteiger partial charge >= 0.3 is 5.97 Å². The van der Waals surface area contributed by atoms with Gasteiger partial charge in [-0.1, -0.05) is 103 Å². The molecule has 0 spiro atoms. The summed E-state index contributed by atoms with van der Waals surface area (Å²) in [6, 6.07) is 3.91. The fourth-order valence-corrected chi connectivity index (χ4v) is 6.83. The normalized spacial score (nSPS) is 15.3. The molecule has 4 amide bonds. The molecule has 0 bridgehead atoms. The highest BCUT2D eigenvalue weighted by molar-refractivity contribution is 6.25. The summed E-state index contributed by atoms with van der Waals surface area (Å²) in [5, 5.41) is 5.34. The van der Waals surface area contributed by atoms with Crippen molar-refractivity contribution in [1.82, 2.24) is 10.2 Å². The molecule has 1 aromatic carbocycles. The van der Waals surface area contributed by atoms with Crippen molar-refractivity contribution < 1.29 is 52.4 Å². The van der Waals surface area contributed by atoms with E-state index in [9.17, 15) is 24.0 Å². The van der Waals surface area contributed by atoms with Crippen molar-refractivity contribution in [3.8, 4) is 0 Å². The third-order valence-corrected chi connectivity index (χ3v) is 9.99. The quantitative estimate of drug-likeness (QED) is 0.0437. The number of carbonyl (C=O) groups is 5. The van der Waals surface area contributed by atoms with Crippen LogP contribution in [0, 0.1) is 0 Å². The standard InChI is InChI=1S/C43H69N3O11/c1-2-3-4-5-6-7-8-9-10-11-12-13-14-15-16-20-39(48)57-34-33-56-32-31-55-30-29-54-28-27-53-26-25-52-24-23-44-36-19-17-18-35-40(36)43(51)46(42(35)50)37-21-22-38(47)45-41(37)49/h17-19,37,44H,2-16,20-34H2,1H3,(H,45,47,49). The lowest BCUT2D eigenvalue weighted by atomic mass is 10.0. The molecule has 0 aromatic heterocycles. The zero-order valence-corrected chi connectivity index (χ0v) is 34.5. The van der Waals surface area contributed by atoms with Crippen LogP contribution in [-0.2, 0) is 42.8 Å². The number of carbonyl (C=O) groups excluding carboxylic acids is 5. The highest BCUT2D eigenvalue weighted by atomic mass is 16.6. The van der Waals surface area contributed by atoms with Crippen LogP contribution in [0.25, 0.3) is 0 Å². The third kappa shape index (κ3) is 19.7. The Balaban J connectivity index is 1.02. The van der Waals surface area contributed by atoms with E-state index >= 15 is 0 Å². The molecule has 322 valence electrons. The minimum Gasteiger partial charge on any atom is -0.463 e. The number of unbranched alkanes of at least 4 members (excludes halogenated alkanes) is 14. The molecular weight excluding hydrogens is 734 g/mol. The molecule has 57 heavy (non-hydrogen) atoms. The Morgan fingerprint density at radius 2 is 1.14 bits per heavy atom. The predicted octanol–water partition coefficient (Wildman–Crippen LogP) is 6.39. The van der Waals surface area contributed by atoms with Gasteiger partial charge in [-0.15, -0.1) is 0 Å². The van der Waals surface area contributed by atoms with Gasteiger partial charge in [-0.3, -0.25) is 34.2 Å². The molecule has 0 radical (unpaired) electrons. The largest absolute Gasteiger partial charge is 0.463 e. The first-order chi connectivity index (χ1) is 27.9. The zero-order chi connectivity index (χ0) is 40.8. The molecule has 2 N–H and O–H groups in total. The Hall–Kier alpha value is -3.43. The molecule has 2 aliphatic heterocycles. The molecule has 1 atom stereocenters. The number of piperidine rings is 1. The molecule has 1 aromatic rings. The minimum atomic E-state index is -1.01. The second-order valence-electron chi connectivity index (χ2n) is 14.6. The Bertz CT molecular complexity index is 1330. The molecule has 1 saturated heterocycles. The minimum absolute atomic E-state index is 0.0671. The summed E-state index contributed by atoms with van der Waals surface area (Å²) in [6.07, 6.45) is 20.2. The van der Waals surface area contributed by atoms with Gasteiger partial charge in [0.1, 0.15) is 12.6 Å². The monoisotopic (exact) mass is 803 g/mol. The van der Waals surface area contributed by atoms with Crippen LogP contribution in [0.15, 0.2) is 18.2 Å². The average molecular weight is 804 g/mol. The van der Waals surface area contributed by atoms with Crippen LogP contribution >= 0.6 is 0 Å². The van der Waals surface area contributed by atoms with Gasteiger partial charge in [-0.05, 0) is 25.0 Å². The van der Waals surface area contributed by atoms with Crippen LogP contribution in [0.3, 0.4) is 0 Å². The first-order valence-electron chi connectivity index (χ1n) is 21.6. The van der Waals surface area contributed by atoms with Gasteiger partial charge in [0, 0.05) is 25.1 Å². The molecule has 14 nitrogen and oxygen atoms in total. The number of hydrogen-bond acceptors (Lipinski definition) is 12. The summed E-state index contributed by atoms with van der Waals surface area (Å²) in [5.41, 5.74) is 0.912. The van der Waals surface area contributed by atoms with E-state index in [0.29, 0.717) is 84.7 Å². The molecular formula is C43H69N3O11. The van der Waals surface area contributed by atoms with Crippen LogP contribution in [0.2, 0.25) is 0 Å². The maximum atomic E-state index is 13.2. The lowest BCUT2D eigenvalue weighted by Gasteiger charge is -2.27. The number of benzene rings is 1. The number of fused-ring (bicyclic) bond motifs is 1. The van der Waals surface area contributed by atoms with Crippen molar-refractivity contribution in [2.45, 2.75) is 129 Å². The number of imide groups is 2. The molecule has 3 rings (SSSR count). The molecule has 0 saturated carbocycles. The number of amides is 4. The maximum Gasteiger partial charge on any atom is 0.305 e. The van der Waals surface area contributed by atoms with Crippen LogP contribution < -0.4 is 10.6 Å². The van der Waals surface area contributed by atoms with Crippen molar-refractivity contribution in [2.24, 2.45) is 0 Å². The van der Waals surface area contributed by atoms with Gasteiger partial charge in [0.15, 0.2) is 0 Å². The summed E-state index contributed by atoms with van der Waals surface area (Å²) < 4.78 is 32.9. The summed E-state index contributed by atoms with van der Waals surface area (Å²) in [4.78, 5) is 62.8. The summed E-state index contributed by atoms with van der Waals surface area (Å²) in [6.45, 7) is 6.94. The Morgan fingerprint density at radius 1 is 0.649 bits per heavy atom. The molecule has 1 fully saturated rings. The number of esters is 1. The molecule has 2 heterocycles. The Labute approximate surface area is 339 Å². The van der Waals surface area contributed by atoms with Gasteiger partial charge in [0.05, 0.1) is 77.2 Å². The smallest absolute Gasteiger partial charge is 0.305 e. The van der Waals surface area contributed by atoms with Crippen LogP contribution in [0.5, 0.6) is 0 Å². The van der Waals surface area contributed by atoms with Crippen LogP contribution in [0.4, 0.5) is 5.69 Å². The number of nitrogens with one attached hydrogen (secondary N) is 2. The molecule has 1 unspecified atom stereocenters. The van der Waals surface area contributed by atoms with E-state index in [4.69, 9.17) is 28.4 Å². The van der Waals surface area contributed by atoms with E-state index in [1.165, 1.54) is 83.5 Å². The third-order valence-electron chi connectivity index (χ3n) is 9.99. The SMILES string of the molecule is CCCCCCCCCCCCCCCCCC(=O)OCCOCCOCCOCCOCCOCCNc1cccc2c1C(=O)N(C1CCC(=O)NC1=O)C2=O. The van der Waals surface area contributed by atoms with E-state index in [-0.39, 0.29) is 36.5 Å². The van der Waals surface area contributed by atoms with E-state index in [1.807, 2.05) is 0 Å². The first-order valence-corrected chi connectivity index (χ1v) is 21.6. The van der Waals surface area contributed by atoms with E-state index < -0.39 is 29.7 Å². The maximum absolute atomic E-state index is 13.2. The van der Waals surface area contributed by atoms with Crippen LogP contribution in [-0.4, -0.2) is 120 Å².